The lowest BCUT2D eigenvalue weighted by Crippen LogP contribution is -2.43. The molecule has 0 unspecified atom stereocenters. The summed E-state index contributed by atoms with van der Waals surface area (Å²) in [6.45, 7) is 5.27. The van der Waals surface area contributed by atoms with Gasteiger partial charge in [0.25, 0.3) is 0 Å². The minimum atomic E-state index is -0.778. The molecule has 1 amide bonds. The Hall–Kier alpha value is -2.19. The van der Waals surface area contributed by atoms with Gasteiger partial charge in [0.15, 0.2) is 0 Å². The van der Waals surface area contributed by atoms with Gasteiger partial charge in [-0.15, -0.1) is 12.4 Å². The topological polar surface area (TPSA) is 64.6 Å². The van der Waals surface area contributed by atoms with Crippen LogP contribution in [0.2, 0.25) is 0 Å². The summed E-state index contributed by atoms with van der Waals surface area (Å²) in [6.07, 6.45) is 0.153. The molecule has 1 N–H and O–H groups in total. The number of nitrogens with one attached hydrogen (secondary N) is 1. The van der Waals surface area contributed by atoms with Gasteiger partial charge in [0.1, 0.15) is 11.6 Å². The van der Waals surface area contributed by atoms with Gasteiger partial charge < -0.3 is 14.8 Å². The highest BCUT2D eigenvalue weighted by Gasteiger charge is 2.24. The average molecular weight is 354 g/mol. The lowest BCUT2D eigenvalue weighted by molar-refractivity contribution is -0.143. The maximum Gasteiger partial charge on any atom is 0.408 e. The first-order valence-electron chi connectivity index (χ1n) is 7.43. The number of esters is 1. The monoisotopic (exact) mass is 353 g/mol. The second-order valence-corrected chi connectivity index (χ2v) is 5.93. The normalized spacial score (nSPS) is 11.2. The maximum absolute atomic E-state index is 11.8. The third-order valence-corrected chi connectivity index (χ3v) is 2.74. The van der Waals surface area contributed by atoms with E-state index in [4.69, 9.17) is 9.47 Å². The first-order chi connectivity index (χ1) is 10.8. The van der Waals surface area contributed by atoms with E-state index < -0.39 is 23.7 Å². The van der Waals surface area contributed by atoms with Crippen LogP contribution >= 0.6 is 12.4 Å². The van der Waals surface area contributed by atoms with Crippen LogP contribution in [0.3, 0.4) is 0 Å². The first-order valence-corrected chi connectivity index (χ1v) is 7.43. The minimum Gasteiger partial charge on any atom is -0.467 e. The van der Waals surface area contributed by atoms with Crippen molar-refractivity contribution in [3.8, 4) is 11.8 Å². The van der Waals surface area contributed by atoms with Crippen LogP contribution in [-0.2, 0) is 14.3 Å². The Balaban J connectivity index is 0.00000529. The third kappa shape index (κ3) is 9.06. The predicted molar refractivity (Wildman–Crippen MR) is 95.0 cm³/mol. The van der Waals surface area contributed by atoms with E-state index in [9.17, 15) is 9.59 Å². The number of benzene rings is 1. The highest BCUT2D eigenvalue weighted by atomic mass is 35.5. The largest absolute Gasteiger partial charge is 0.467 e. The molecule has 0 fully saturated rings. The number of methoxy groups -OCH3 is 1. The van der Waals surface area contributed by atoms with Crippen molar-refractivity contribution >= 4 is 24.5 Å². The number of rotatable bonds is 4. The number of carbonyl (C=O) groups excluding carboxylic acids is 2. The van der Waals surface area contributed by atoms with Crippen LogP contribution in [0.15, 0.2) is 30.3 Å². The molecule has 24 heavy (non-hydrogen) atoms. The molecule has 0 aliphatic carbocycles. The fourth-order valence-corrected chi connectivity index (χ4v) is 1.74. The van der Waals surface area contributed by atoms with Crippen LogP contribution < -0.4 is 5.32 Å². The Labute approximate surface area is 149 Å². The second kappa shape index (κ2) is 10.6. The number of halogens is 1. The van der Waals surface area contributed by atoms with Crippen molar-refractivity contribution in [2.24, 2.45) is 0 Å². The van der Waals surface area contributed by atoms with E-state index in [1.54, 1.807) is 20.8 Å². The van der Waals surface area contributed by atoms with Gasteiger partial charge in [0, 0.05) is 12.0 Å². The van der Waals surface area contributed by atoms with E-state index in [-0.39, 0.29) is 12.4 Å². The summed E-state index contributed by atoms with van der Waals surface area (Å²) in [4.78, 5) is 23.5. The van der Waals surface area contributed by atoms with Gasteiger partial charge >= 0.3 is 12.1 Å². The van der Waals surface area contributed by atoms with Gasteiger partial charge in [-0.3, -0.25) is 0 Å². The van der Waals surface area contributed by atoms with Crippen molar-refractivity contribution in [2.75, 3.05) is 7.11 Å². The molecule has 5 nitrogen and oxygen atoms in total. The van der Waals surface area contributed by atoms with Crippen molar-refractivity contribution in [3.05, 3.63) is 35.9 Å². The number of hydrogen-bond acceptors (Lipinski definition) is 4. The molecule has 6 heteroatoms. The molecular formula is C18H24ClNO4. The van der Waals surface area contributed by atoms with Gasteiger partial charge in [-0.1, -0.05) is 30.0 Å². The summed E-state index contributed by atoms with van der Waals surface area (Å²) in [5.74, 6) is 5.47. The lowest BCUT2D eigenvalue weighted by Gasteiger charge is -2.22. The van der Waals surface area contributed by atoms with E-state index in [0.29, 0.717) is 12.8 Å². The molecule has 0 saturated carbocycles. The predicted octanol–water partition coefficient (Wildman–Crippen LogP) is 3.31. The van der Waals surface area contributed by atoms with Crippen LogP contribution in [0.4, 0.5) is 4.79 Å². The Morgan fingerprint density at radius 1 is 1.21 bits per heavy atom. The molecule has 0 spiro atoms. The van der Waals surface area contributed by atoms with E-state index >= 15 is 0 Å². The average Bonchev–Trinajstić information content (AvgIpc) is 2.48. The van der Waals surface area contributed by atoms with Crippen molar-refractivity contribution < 1.29 is 19.1 Å². The quantitative estimate of drug-likeness (QED) is 0.666. The number of carbonyl (C=O) groups is 2. The molecule has 0 saturated heterocycles. The number of ether oxygens (including phenoxy) is 2. The van der Waals surface area contributed by atoms with Gasteiger partial charge in [-0.05, 0) is 39.3 Å². The fraction of sp³-hybridized carbons (Fsp3) is 0.444. The van der Waals surface area contributed by atoms with Gasteiger partial charge in [-0.25, -0.2) is 9.59 Å². The number of hydrogen-bond donors (Lipinski definition) is 1. The summed E-state index contributed by atoms with van der Waals surface area (Å²) >= 11 is 0. The van der Waals surface area contributed by atoms with E-state index in [1.165, 1.54) is 7.11 Å². The molecule has 1 rings (SSSR count). The van der Waals surface area contributed by atoms with Crippen LogP contribution in [0, 0.1) is 11.8 Å². The maximum atomic E-state index is 11.8. The summed E-state index contributed by atoms with van der Waals surface area (Å²) in [6, 6.07) is 8.77. The van der Waals surface area contributed by atoms with Crippen molar-refractivity contribution in [1.29, 1.82) is 0 Å². The zero-order valence-electron chi connectivity index (χ0n) is 14.4. The van der Waals surface area contributed by atoms with Crippen LogP contribution in [0.25, 0.3) is 0 Å². The highest BCUT2D eigenvalue weighted by molar-refractivity contribution is 5.85. The van der Waals surface area contributed by atoms with Crippen molar-refractivity contribution in [1.82, 2.24) is 5.32 Å². The molecule has 0 aliphatic heterocycles. The zero-order valence-corrected chi connectivity index (χ0v) is 15.2. The van der Waals surface area contributed by atoms with E-state index in [2.05, 4.69) is 17.2 Å². The van der Waals surface area contributed by atoms with E-state index in [1.807, 2.05) is 30.3 Å². The molecule has 1 aromatic carbocycles. The Morgan fingerprint density at radius 3 is 2.38 bits per heavy atom. The summed E-state index contributed by atoms with van der Waals surface area (Å²) in [5, 5.41) is 2.52. The van der Waals surface area contributed by atoms with Gasteiger partial charge in [0.05, 0.1) is 7.11 Å². The van der Waals surface area contributed by atoms with Crippen LogP contribution in [0.1, 0.15) is 39.2 Å². The summed E-state index contributed by atoms with van der Waals surface area (Å²) in [7, 11) is 1.28. The van der Waals surface area contributed by atoms with Crippen molar-refractivity contribution in [3.63, 3.8) is 0 Å². The standard InChI is InChI=1S/C18H23NO4.ClH/c1-18(2,3)23-17(21)19-15(16(20)22-4)13-9-8-12-14-10-6-5-7-11-14;/h5-7,10-11,15H,9,13H2,1-4H3,(H,19,21);1H/t15-;/m0./s1. The molecule has 1 aromatic rings. The number of alkyl carbamates (subject to hydrolysis) is 1. The first kappa shape index (κ1) is 21.8. The molecule has 1 atom stereocenters. The SMILES string of the molecule is COC(=O)[C@H](CCC#Cc1ccccc1)NC(=O)OC(C)(C)C.Cl. The Bertz CT molecular complexity index is 585. The third-order valence-electron chi connectivity index (χ3n) is 2.74. The zero-order chi connectivity index (χ0) is 17.3. The lowest BCUT2D eigenvalue weighted by atomic mass is 10.1. The van der Waals surface area contributed by atoms with E-state index in [0.717, 1.165) is 5.56 Å². The molecule has 0 aromatic heterocycles. The summed E-state index contributed by atoms with van der Waals surface area (Å²) in [5.41, 5.74) is 0.278. The minimum absolute atomic E-state index is 0. The smallest absolute Gasteiger partial charge is 0.408 e. The molecule has 132 valence electrons. The molecule has 0 radical (unpaired) electrons. The molecule has 0 heterocycles. The second-order valence-electron chi connectivity index (χ2n) is 5.93. The van der Waals surface area contributed by atoms with Gasteiger partial charge in [0.2, 0.25) is 0 Å². The van der Waals surface area contributed by atoms with Crippen molar-refractivity contribution in [2.45, 2.75) is 45.3 Å². The Kier molecular flexibility index (Phi) is 9.60. The Morgan fingerprint density at radius 2 is 1.83 bits per heavy atom. The molecular weight excluding hydrogens is 330 g/mol. The highest BCUT2D eigenvalue weighted by Crippen LogP contribution is 2.08. The molecule has 0 aliphatic rings. The fourth-order valence-electron chi connectivity index (χ4n) is 1.74. The van der Waals surface area contributed by atoms with Crippen LogP contribution in [0.5, 0.6) is 0 Å². The van der Waals surface area contributed by atoms with Crippen LogP contribution in [-0.4, -0.2) is 30.8 Å². The molecule has 0 bridgehead atoms. The van der Waals surface area contributed by atoms with Gasteiger partial charge in [-0.2, -0.15) is 0 Å². The summed E-state index contributed by atoms with van der Waals surface area (Å²) < 4.78 is 9.85. The number of amides is 1.